The molecular weight excluding hydrogens is 306 g/mol. The van der Waals surface area contributed by atoms with E-state index >= 15 is 0 Å². The summed E-state index contributed by atoms with van der Waals surface area (Å²) in [5.74, 6) is 1.71. The molecule has 6 heteroatoms. The monoisotopic (exact) mass is 317 g/mol. The number of benzene rings is 1. The summed E-state index contributed by atoms with van der Waals surface area (Å²) in [6, 6.07) is 7.66. The van der Waals surface area contributed by atoms with Gasteiger partial charge in [-0.3, -0.25) is 5.32 Å². The van der Waals surface area contributed by atoms with Crippen molar-refractivity contribution in [3.63, 3.8) is 0 Å². The Hall–Kier alpha value is -2.13. The Kier molecular flexibility index (Phi) is 3.97. The highest BCUT2D eigenvalue weighted by atomic mass is 79.9. The molecule has 0 spiro atoms. The van der Waals surface area contributed by atoms with Crippen molar-refractivity contribution in [2.24, 2.45) is 0 Å². The Morgan fingerprint density at radius 1 is 1.16 bits per heavy atom. The van der Waals surface area contributed by atoms with Crippen LogP contribution in [-0.4, -0.2) is 9.97 Å². The van der Waals surface area contributed by atoms with Gasteiger partial charge in [-0.15, -0.1) is 0 Å². The molecule has 0 bridgehead atoms. The van der Waals surface area contributed by atoms with Crippen LogP contribution in [0.5, 0.6) is 0 Å². The maximum Gasteiger partial charge on any atom is 0.182 e. The Balaban J connectivity index is 2.33. The molecule has 1 aromatic heterocycles. The SMILES string of the molecule is Cc1nc(NC#N)cc(Nc2cc(Br)ccc2C)n1. The van der Waals surface area contributed by atoms with E-state index in [0.717, 1.165) is 15.7 Å². The summed E-state index contributed by atoms with van der Waals surface area (Å²) in [5.41, 5.74) is 2.06. The maximum atomic E-state index is 8.62. The molecule has 0 aliphatic carbocycles. The van der Waals surface area contributed by atoms with Crippen molar-refractivity contribution in [2.45, 2.75) is 13.8 Å². The fourth-order valence-electron chi connectivity index (χ4n) is 1.62. The van der Waals surface area contributed by atoms with E-state index in [-0.39, 0.29) is 0 Å². The minimum absolute atomic E-state index is 0.477. The van der Waals surface area contributed by atoms with Crippen LogP contribution < -0.4 is 10.6 Å². The predicted octanol–water partition coefficient (Wildman–Crippen LogP) is 3.49. The molecule has 19 heavy (non-hydrogen) atoms. The van der Waals surface area contributed by atoms with Gasteiger partial charge >= 0.3 is 0 Å². The van der Waals surface area contributed by atoms with Crippen LogP contribution in [0.3, 0.4) is 0 Å². The van der Waals surface area contributed by atoms with E-state index in [4.69, 9.17) is 5.26 Å². The predicted molar refractivity (Wildman–Crippen MR) is 78.2 cm³/mol. The van der Waals surface area contributed by atoms with Gasteiger partial charge in [0.25, 0.3) is 0 Å². The second kappa shape index (κ2) is 5.67. The molecule has 96 valence electrons. The summed E-state index contributed by atoms with van der Waals surface area (Å²) in [4.78, 5) is 8.41. The molecule has 0 aliphatic heterocycles. The zero-order valence-electron chi connectivity index (χ0n) is 10.5. The minimum Gasteiger partial charge on any atom is -0.340 e. The number of aryl methyl sites for hydroxylation is 2. The molecule has 5 nitrogen and oxygen atoms in total. The van der Waals surface area contributed by atoms with Gasteiger partial charge in [-0.2, -0.15) is 5.26 Å². The van der Waals surface area contributed by atoms with Crippen LogP contribution in [0.2, 0.25) is 0 Å². The van der Waals surface area contributed by atoms with Gasteiger partial charge in [0.1, 0.15) is 17.5 Å². The fourth-order valence-corrected chi connectivity index (χ4v) is 1.98. The average molecular weight is 318 g/mol. The molecular formula is C13H12BrN5. The minimum atomic E-state index is 0.477. The van der Waals surface area contributed by atoms with Crippen molar-refractivity contribution in [1.29, 1.82) is 5.26 Å². The topological polar surface area (TPSA) is 73.6 Å². The highest BCUT2D eigenvalue weighted by molar-refractivity contribution is 9.10. The first-order chi connectivity index (χ1) is 9.08. The molecule has 0 saturated heterocycles. The van der Waals surface area contributed by atoms with Crippen LogP contribution >= 0.6 is 15.9 Å². The van der Waals surface area contributed by atoms with E-state index in [1.807, 2.05) is 31.3 Å². The first-order valence-electron chi connectivity index (χ1n) is 5.62. The first kappa shape index (κ1) is 13.3. The number of rotatable bonds is 3. The molecule has 2 N–H and O–H groups in total. The van der Waals surface area contributed by atoms with Gasteiger partial charge in [0, 0.05) is 16.2 Å². The second-order valence-corrected chi connectivity index (χ2v) is 4.92. The molecule has 1 heterocycles. The van der Waals surface area contributed by atoms with E-state index < -0.39 is 0 Å². The molecule has 0 saturated carbocycles. The van der Waals surface area contributed by atoms with Crippen molar-refractivity contribution in [2.75, 3.05) is 10.6 Å². The summed E-state index contributed by atoms with van der Waals surface area (Å²) < 4.78 is 0.988. The van der Waals surface area contributed by atoms with Gasteiger partial charge in [0.2, 0.25) is 0 Å². The van der Waals surface area contributed by atoms with Crippen LogP contribution in [0.15, 0.2) is 28.7 Å². The largest absolute Gasteiger partial charge is 0.340 e. The molecule has 0 unspecified atom stereocenters. The molecule has 0 atom stereocenters. The lowest BCUT2D eigenvalue weighted by atomic mass is 10.2. The Morgan fingerprint density at radius 2 is 1.89 bits per heavy atom. The van der Waals surface area contributed by atoms with Crippen LogP contribution in [0.25, 0.3) is 0 Å². The number of anilines is 3. The summed E-state index contributed by atoms with van der Waals surface area (Å²) >= 11 is 3.44. The number of halogens is 1. The van der Waals surface area contributed by atoms with Crippen LogP contribution in [0.4, 0.5) is 17.3 Å². The quantitative estimate of drug-likeness (QED) is 0.669. The lowest BCUT2D eigenvalue weighted by Gasteiger charge is -2.10. The number of nitrogens with zero attached hydrogens (tertiary/aromatic N) is 3. The average Bonchev–Trinajstić information content (AvgIpc) is 2.33. The van der Waals surface area contributed by atoms with E-state index in [1.54, 1.807) is 13.0 Å². The highest BCUT2D eigenvalue weighted by Gasteiger charge is 2.04. The van der Waals surface area contributed by atoms with Crippen molar-refractivity contribution >= 4 is 33.3 Å². The molecule has 0 amide bonds. The van der Waals surface area contributed by atoms with E-state index in [0.29, 0.717) is 17.5 Å². The van der Waals surface area contributed by atoms with Crippen molar-refractivity contribution < 1.29 is 0 Å². The van der Waals surface area contributed by atoms with Crippen molar-refractivity contribution in [1.82, 2.24) is 9.97 Å². The smallest absolute Gasteiger partial charge is 0.182 e. The van der Waals surface area contributed by atoms with E-state index in [9.17, 15) is 0 Å². The van der Waals surface area contributed by atoms with E-state index in [1.165, 1.54) is 0 Å². The molecule has 2 rings (SSSR count). The fraction of sp³-hybridized carbons (Fsp3) is 0.154. The molecule has 2 aromatic rings. The lowest BCUT2D eigenvalue weighted by molar-refractivity contribution is 1.06. The molecule has 1 aromatic carbocycles. The second-order valence-electron chi connectivity index (χ2n) is 4.01. The van der Waals surface area contributed by atoms with Gasteiger partial charge < -0.3 is 5.32 Å². The van der Waals surface area contributed by atoms with Crippen molar-refractivity contribution in [3.8, 4) is 6.19 Å². The normalized spacial score (nSPS) is 9.79. The summed E-state index contributed by atoms with van der Waals surface area (Å²) in [6.07, 6.45) is 1.85. The summed E-state index contributed by atoms with van der Waals surface area (Å²) in [7, 11) is 0. The molecule has 0 aliphatic rings. The van der Waals surface area contributed by atoms with Gasteiger partial charge in [-0.25, -0.2) is 9.97 Å². The van der Waals surface area contributed by atoms with Gasteiger partial charge in [-0.05, 0) is 31.5 Å². The standard InChI is InChI=1S/C13H12BrN5/c1-8-3-4-10(14)5-11(8)19-13-6-12(16-7-15)17-9(2)18-13/h3-6H,1-2H3,(H2,16,17,18,19). The van der Waals surface area contributed by atoms with Crippen LogP contribution in [0.1, 0.15) is 11.4 Å². The first-order valence-corrected chi connectivity index (χ1v) is 6.42. The Labute approximate surface area is 119 Å². The zero-order chi connectivity index (χ0) is 13.8. The Morgan fingerprint density at radius 3 is 2.63 bits per heavy atom. The Bertz CT molecular complexity index is 648. The third kappa shape index (κ3) is 3.42. The summed E-state index contributed by atoms with van der Waals surface area (Å²) in [6.45, 7) is 3.79. The van der Waals surface area contributed by atoms with E-state index in [2.05, 4.69) is 36.5 Å². The molecule has 0 fully saturated rings. The number of hydrogen-bond acceptors (Lipinski definition) is 5. The van der Waals surface area contributed by atoms with Gasteiger partial charge in [0.05, 0.1) is 0 Å². The van der Waals surface area contributed by atoms with Crippen LogP contribution in [0, 0.1) is 25.3 Å². The van der Waals surface area contributed by atoms with Crippen molar-refractivity contribution in [3.05, 3.63) is 40.1 Å². The number of nitrogens with one attached hydrogen (secondary N) is 2. The summed E-state index contributed by atoms with van der Waals surface area (Å²) in [5, 5.41) is 14.4. The highest BCUT2D eigenvalue weighted by Crippen LogP contribution is 2.24. The van der Waals surface area contributed by atoms with Gasteiger partial charge in [0.15, 0.2) is 6.19 Å². The number of nitriles is 1. The maximum absolute atomic E-state index is 8.62. The zero-order valence-corrected chi connectivity index (χ0v) is 12.1. The number of aromatic nitrogens is 2. The third-order valence-corrected chi connectivity index (χ3v) is 2.98. The van der Waals surface area contributed by atoms with Crippen LogP contribution in [-0.2, 0) is 0 Å². The molecule has 0 radical (unpaired) electrons. The van der Waals surface area contributed by atoms with Gasteiger partial charge in [-0.1, -0.05) is 22.0 Å². The lowest BCUT2D eigenvalue weighted by Crippen LogP contribution is -2.01. The third-order valence-electron chi connectivity index (χ3n) is 2.48. The number of hydrogen-bond donors (Lipinski definition) is 2.